The van der Waals surface area contributed by atoms with Gasteiger partial charge in [-0.2, -0.15) is 9.78 Å². The van der Waals surface area contributed by atoms with Crippen molar-refractivity contribution < 1.29 is 14.7 Å². The second kappa shape index (κ2) is 10.3. The van der Waals surface area contributed by atoms with Crippen molar-refractivity contribution in [3.05, 3.63) is 55.8 Å². The molecular formula is C22H28ClN5O5. The molecule has 2 aromatic rings. The summed E-state index contributed by atoms with van der Waals surface area (Å²) in [4.78, 5) is 51.1. The fraction of sp³-hybridized carbons (Fsp3) is 0.500. The zero-order valence-electron chi connectivity index (χ0n) is 18.7. The molecule has 1 aromatic carbocycles. The number of carbonyl (C=O) groups excluding carboxylic acids is 2. The Bertz CT molecular complexity index is 1150. The summed E-state index contributed by atoms with van der Waals surface area (Å²) in [5.74, 6) is -0.928. The Hall–Kier alpha value is -2.98. The van der Waals surface area contributed by atoms with Crippen molar-refractivity contribution in [3.63, 3.8) is 0 Å². The predicted molar refractivity (Wildman–Crippen MR) is 123 cm³/mol. The lowest BCUT2D eigenvalue weighted by Crippen LogP contribution is -2.44. The molecule has 3 rings (SSSR count). The molecule has 1 aliphatic rings. The van der Waals surface area contributed by atoms with Crippen molar-refractivity contribution in [1.82, 2.24) is 24.6 Å². The van der Waals surface area contributed by atoms with Crippen LogP contribution < -0.4 is 16.6 Å². The number of halogens is 1. The standard InChI is InChI=1S/C22H28ClN5O5/c1-26(2)19(30)13-27-18(29)12-25-28(21(27)32)15-7-8-17(23)16(11-15)20(31)24-14-22(33)9-5-3-4-6-10-22/h7-8,11-12,33H,3-6,9-10,13-14H2,1-2H3,(H,24,31). The number of nitrogens with zero attached hydrogens (tertiary/aromatic N) is 4. The maximum absolute atomic E-state index is 12.8. The number of hydrogen-bond acceptors (Lipinski definition) is 6. The summed E-state index contributed by atoms with van der Waals surface area (Å²) in [6.07, 6.45) is 6.11. The second-order valence-electron chi connectivity index (χ2n) is 8.54. The first-order valence-electron chi connectivity index (χ1n) is 10.8. The zero-order chi connectivity index (χ0) is 24.2. The molecule has 1 fully saturated rings. The van der Waals surface area contributed by atoms with Crippen LogP contribution in [-0.4, -0.2) is 62.4 Å². The molecule has 0 aliphatic heterocycles. The lowest BCUT2D eigenvalue weighted by Gasteiger charge is -2.26. The molecule has 1 aromatic heterocycles. The zero-order valence-corrected chi connectivity index (χ0v) is 19.5. The number of benzene rings is 1. The minimum atomic E-state index is -0.955. The molecule has 33 heavy (non-hydrogen) atoms. The van der Waals surface area contributed by atoms with E-state index in [0.29, 0.717) is 12.8 Å². The Morgan fingerprint density at radius 3 is 2.48 bits per heavy atom. The van der Waals surface area contributed by atoms with Crippen molar-refractivity contribution in [2.24, 2.45) is 0 Å². The van der Waals surface area contributed by atoms with Crippen LogP contribution in [0.25, 0.3) is 5.69 Å². The van der Waals surface area contributed by atoms with Crippen molar-refractivity contribution in [3.8, 4) is 5.69 Å². The molecule has 0 unspecified atom stereocenters. The highest BCUT2D eigenvalue weighted by atomic mass is 35.5. The maximum atomic E-state index is 12.8. The number of rotatable bonds is 6. The highest BCUT2D eigenvalue weighted by molar-refractivity contribution is 6.33. The molecule has 2 N–H and O–H groups in total. The van der Waals surface area contributed by atoms with Gasteiger partial charge in [0.05, 0.1) is 21.9 Å². The molecule has 0 saturated heterocycles. The third-order valence-corrected chi connectivity index (χ3v) is 6.13. The SMILES string of the molecule is CN(C)C(=O)Cn1c(=O)cnn(-c2ccc(Cl)c(C(=O)NCC3(O)CCCCCC3)c2)c1=O. The minimum absolute atomic E-state index is 0.0993. The summed E-state index contributed by atoms with van der Waals surface area (Å²) in [5, 5.41) is 17.6. The monoisotopic (exact) mass is 477 g/mol. The van der Waals surface area contributed by atoms with Gasteiger partial charge >= 0.3 is 5.69 Å². The van der Waals surface area contributed by atoms with Crippen LogP contribution in [0.2, 0.25) is 5.02 Å². The summed E-state index contributed by atoms with van der Waals surface area (Å²) < 4.78 is 1.70. The van der Waals surface area contributed by atoms with Gasteiger partial charge in [-0.15, -0.1) is 0 Å². The van der Waals surface area contributed by atoms with E-state index in [9.17, 15) is 24.3 Å². The van der Waals surface area contributed by atoms with Crippen LogP contribution in [0.5, 0.6) is 0 Å². The third kappa shape index (κ3) is 5.88. The van der Waals surface area contributed by atoms with E-state index >= 15 is 0 Å². The van der Waals surface area contributed by atoms with Gasteiger partial charge in [0.2, 0.25) is 5.91 Å². The van der Waals surface area contributed by atoms with Crippen molar-refractivity contribution >= 4 is 23.4 Å². The van der Waals surface area contributed by atoms with Crippen LogP contribution in [0.4, 0.5) is 0 Å². The topological polar surface area (TPSA) is 127 Å². The van der Waals surface area contributed by atoms with Gasteiger partial charge in [-0.3, -0.25) is 14.4 Å². The first-order chi connectivity index (χ1) is 15.6. The number of likely N-dealkylation sites (N-methyl/N-ethyl adjacent to an activating group) is 1. The number of aliphatic hydroxyl groups is 1. The molecule has 10 nitrogen and oxygen atoms in total. The molecular weight excluding hydrogens is 450 g/mol. The molecule has 1 saturated carbocycles. The van der Waals surface area contributed by atoms with Crippen LogP contribution in [0.1, 0.15) is 48.9 Å². The van der Waals surface area contributed by atoms with E-state index in [0.717, 1.165) is 41.1 Å². The average Bonchev–Trinajstić information content (AvgIpc) is 3.00. The fourth-order valence-electron chi connectivity index (χ4n) is 3.76. The Labute approximate surface area is 195 Å². The molecule has 2 amide bonds. The van der Waals surface area contributed by atoms with Crippen LogP contribution in [0.15, 0.2) is 34.0 Å². The van der Waals surface area contributed by atoms with Gasteiger partial charge in [-0.05, 0) is 31.0 Å². The summed E-state index contributed by atoms with van der Waals surface area (Å²) >= 11 is 6.22. The predicted octanol–water partition coefficient (Wildman–Crippen LogP) is 0.951. The highest BCUT2D eigenvalue weighted by Crippen LogP contribution is 2.26. The van der Waals surface area contributed by atoms with Crippen LogP contribution in [0.3, 0.4) is 0 Å². The van der Waals surface area contributed by atoms with Gasteiger partial charge in [-0.1, -0.05) is 37.3 Å². The van der Waals surface area contributed by atoms with Crippen molar-refractivity contribution in [2.45, 2.75) is 50.7 Å². The number of aromatic nitrogens is 3. The van der Waals surface area contributed by atoms with E-state index in [1.807, 2.05) is 0 Å². The number of carbonyl (C=O) groups is 2. The number of amides is 2. The fourth-order valence-corrected chi connectivity index (χ4v) is 3.96. The Balaban J connectivity index is 1.87. The molecule has 11 heteroatoms. The lowest BCUT2D eigenvalue weighted by atomic mass is 9.94. The Kier molecular flexibility index (Phi) is 7.70. The van der Waals surface area contributed by atoms with E-state index in [-0.39, 0.29) is 22.8 Å². The van der Waals surface area contributed by atoms with E-state index in [1.165, 1.54) is 37.2 Å². The first-order valence-corrected chi connectivity index (χ1v) is 11.2. The summed E-state index contributed by atoms with van der Waals surface area (Å²) in [5.41, 5.74) is -2.19. The van der Waals surface area contributed by atoms with Gasteiger partial charge in [0, 0.05) is 20.6 Å². The largest absolute Gasteiger partial charge is 0.388 e. The third-order valence-electron chi connectivity index (χ3n) is 5.81. The lowest BCUT2D eigenvalue weighted by molar-refractivity contribution is -0.129. The van der Waals surface area contributed by atoms with Gasteiger partial charge < -0.3 is 15.3 Å². The summed E-state index contributed by atoms with van der Waals surface area (Å²) in [6.45, 7) is -0.338. The maximum Gasteiger partial charge on any atom is 0.352 e. The average molecular weight is 478 g/mol. The van der Waals surface area contributed by atoms with Gasteiger partial charge in [0.25, 0.3) is 11.5 Å². The van der Waals surface area contributed by atoms with E-state index in [4.69, 9.17) is 11.6 Å². The number of nitrogens with one attached hydrogen (secondary N) is 1. The van der Waals surface area contributed by atoms with Crippen LogP contribution in [-0.2, 0) is 11.3 Å². The molecule has 1 aliphatic carbocycles. The highest BCUT2D eigenvalue weighted by Gasteiger charge is 2.29. The van der Waals surface area contributed by atoms with E-state index in [2.05, 4.69) is 10.4 Å². The van der Waals surface area contributed by atoms with Gasteiger partial charge in [0.1, 0.15) is 12.7 Å². The smallest absolute Gasteiger partial charge is 0.352 e. The van der Waals surface area contributed by atoms with Crippen molar-refractivity contribution in [2.75, 3.05) is 20.6 Å². The van der Waals surface area contributed by atoms with E-state index in [1.54, 1.807) is 0 Å². The van der Waals surface area contributed by atoms with E-state index < -0.39 is 35.2 Å². The Morgan fingerprint density at radius 1 is 1.18 bits per heavy atom. The summed E-state index contributed by atoms with van der Waals surface area (Å²) in [6, 6.07) is 4.31. The summed E-state index contributed by atoms with van der Waals surface area (Å²) in [7, 11) is 3.03. The molecule has 0 bridgehead atoms. The molecule has 0 atom stereocenters. The van der Waals surface area contributed by atoms with Crippen LogP contribution in [0, 0.1) is 0 Å². The molecule has 0 radical (unpaired) electrons. The number of hydrogen-bond donors (Lipinski definition) is 2. The van der Waals surface area contributed by atoms with Crippen molar-refractivity contribution in [1.29, 1.82) is 0 Å². The molecule has 0 spiro atoms. The quantitative estimate of drug-likeness (QED) is 0.596. The minimum Gasteiger partial charge on any atom is -0.388 e. The molecule has 178 valence electrons. The van der Waals surface area contributed by atoms with Gasteiger partial charge in [0.15, 0.2) is 0 Å². The Morgan fingerprint density at radius 2 is 1.85 bits per heavy atom. The second-order valence-corrected chi connectivity index (χ2v) is 8.94. The van der Waals surface area contributed by atoms with Gasteiger partial charge in [-0.25, -0.2) is 9.36 Å². The van der Waals surface area contributed by atoms with Crippen LogP contribution >= 0.6 is 11.6 Å². The molecule has 1 heterocycles. The normalized spacial score (nSPS) is 15.5. The first kappa shape index (κ1) is 24.7.